The van der Waals surface area contributed by atoms with E-state index < -0.39 is 0 Å². The average molecular weight is 297 g/mol. The Morgan fingerprint density at radius 2 is 1.64 bits per heavy atom. The number of rotatable bonds is 5. The molecule has 3 nitrogen and oxygen atoms in total. The van der Waals surface area contributed by atoms with Gasteiger partial charge in [-0.3, -0.25) is 0 Å². The topological polar surface area (TPSA) is 32.7 Å². The van der Waals surface area contributed by atoms with Gasteiger partial charge in [0.1, 0.15) is 12.4 Å². The Labute approximate surface area is 132 Å². The van der Waals surface area contributed by atoms with Gasteiger partial charge in [-0.2, -0.15) is 0 Å². The van der Waals surface area contributed by atoms with Crippen molar-refractivity contribution < 1.29 is 9.84 Å². The highest BCUT2D eigenvalue weighted by Gasteiger charge is 2.18. The molecular formula is C19H23NO2. The molecular weight excluding hydrogens is 274 g/mol. The van der Waals surface area contributed by atoms with Gasteiger partial charge in [0.15, 0.2) is 0 Å². The Morgan fingerprint density at radius 3 is 2.27 bits per heavy atom. The van der Waals surface area contributed by atoms with E-state index in [0.29, 0.717) is 19.1 Å². The first-order valence-corrected chi connectivity index (χ1v) is 7.98. The Hall–Kier alpha value is -2.00. The lowest BCUT2D eigenvalue weighted by atomic mass is 9.97. The van der Waals surface area contributed by atoms with Crippen LogP contribution < -0.4 is 9.64 Å². The van der Waals surface area contributed by atoms with E-state index in [1.807, 2.05) is 30.3 Å². The molecule has 0 unspecified atom stereocenters. The first-order valence-electron chi connectivity index (χ1n) is 7.98. The molecule has 2 aromatic carbocycles. The van der Waals surface area contributed by atoms with Crippen LogP contribution >= 0.6 is 0 Å². The van der Waals surface area contributed by atoms with E-state index in [-0.39, 0.29) is 0 Å². The second kappa shape index (κ2) is 7.32. The van der Waals surface area contributed by atoms with Crippen LogP contribution in [0.5, 0.6) is 5.75 Å². The van der Waals surface area contributed by atoms with E-state index in [1.54, 1.807) is 0 Å². The number of hydrogen-bond donors (Lipinski definition) is 1. The maximum Gasteiger partial charge on any atom is 0.119 e. The van der Waals surface area contributed by atoms with Gasteiger partial charge in [0, 0.05) is 25.4 Å². The largest absolute Gasteiger partial charge is 0.489 e. The molecule has 0 aliphatic carbocycles. The van der Waals surface area contributed by atoms with Crippen molar-refractivity contribution in [3.05, 3.63) is 60.2 Å². The molecule has 2 aromatic rings. The summed E-state index contributed by atoms with van der Waals surface area (Å²) in [5.74, 6) is 1.38. The molecule has 0 saturated carbocycles. The number of benzene rings is 2. The Morgan fingerprint density at radius 1 is 0.955 bits per heavy atom. The summed E-state index contributed by atoms with van der Waals surface area (Å²) >= 11 is 0. The molecule has 0 amide bonds. The van der Waals surface area contributed by atoms with Crippen molar-refractivity contribution in [3.63, 3.8) is 0 Å². The van der Waals surface area contributed by atoms with E-state index in [1.165, 1.54) is 11.3 Å². The molecule has 116 valence electrons. The molecule has 0 atom stereocenters. The fraction of sp³-hybridized carbons (Fsp3) is 0.368. The maximum atomic E-state index is 9.20. The minimum atomic E-state index is 0.320. The lowest BCUT2D eigenvalue weighted by Gasteiger charge is -2.32. The predicted molar refractivity (Wildman–Crippen MR) is 89.2 cm³/mol. The van der Waals surface area contributed by atoms with Crippen LogP contribution in [-0.4, -0.2) is 24.8 Å². The normalized spacial score (nSPS) is 15.8. The Kier molecular flexibility index (Phi) is 4.96. The molecule has 0 spiro atoms. The summed E-state index contributed by atoms with van der Waals surface area (Å²) in [6, 6.07) is 18.5. The monoisotopic (exact) mass is 297 g/mol. The van der Waals surface area contributed by atoms with Crippen LogP contribution in [0.25, 0.3) is 0 Å². The zero-order valence-electron chi connectivity index (χ0n) is 12.8. The van der Waals surface area contributed by atoms with Crippen molar-refractivity contribution in [2.24, 2.45) is 5.92 Å². The van der Waals surface area contributed by atoms with Crippen molar-refractivity contribution in [2.45, 2.75) is 19.4 Å². The minimum absolute atomic E-state index is 0.320. The predicted octanol–water partition coefficient (Wildman–Crippen LogP) is 3.47. The second-order valence-corrected chi connectivity index (χ2v) is 5.88. The highest BCUT2D eigenvalue weighted by atomic mass is 16.5. The van der Waals surface area contributed by atoms with Crippen molar-refractivity contribution in [3.8, 4) is 5.75 Å². The SMILES string of the molecule is OCC1CCN(c2ccc(OCc3ccccc3)cc2)CC1. The smallest absolute Gasteiger partial charge is 0.119 e. The van der Waals surface area contributed by atoms with Gasteiger partial charge in [-0.25, -0.2) is 0 Å². The number of nitrogens with zero attached hydrogens (tertiary/aromatic N) is 1. The molecule has 22 heavy (non-hydrogen) atoms. The molecule has 1 heterocycles. The molecule has 0 aromatic heterocycles. The van der Waals surface area contributed by atoms with Crippen LogP contribution in [0, 0.1) is 5.92 Å². The third-order valence-electron chi connectivity index (χ3n) is 4.32. The standard InChI is InChI=1S/C19H23NO2/c21-14-16-10-12-20(13-11-16)18-6-8-19(9-7-18)22-15-17-4-2-1-3-5-17/h1-9,16,21H,10-15H2. The average Bonchev–Trinajstić information content (AvgIpc) is 2.61. The number of piperidine rings is 1. The first-order chi connectivity index (χ1) is 10.8. The van der Waals surface area contributed by atoms with Crippen LogP contribution in [0.4, 0.5) is 5.69 Å². The van der Waals surface area contributed by atoms with E-state index in [4.69, 9.17) is 4.74 Å². The van der Waals surface area contributed by atoms with Gasteiger partial charge >= 0.3 is 0 Å². The zero-order valence-corrected chi connectivity index (χ0v) is 12.8. The van der Waals surface area contributed by atoms with Crippen LogP contribution in [0.1, 0.15) is 18.4 Å². The molecule has 3 heteroatoms. The molecule has 1 aliphatic rings. The van der Waals surface area contributed by atoms with Crippen LogP contribution in [-0.2, 0) is 6.61 Å². The number of ether oxygens (including phenoxy) is 1. The van der Waals surface area contributed by atoms with Crippen LogP contribution in [0.2, 0.25) is 0 Å². The highest BCUT2D eigenvalue weighted by molar-refractivity contribution is 5.49. The van der Waals surface area contributed by atoms with Gasteiger partial charge < -0.3 is 14.7 Å². The summed E-state index contributed by atoms with van der Waals surface area (Å²) in [7, 11) is 0. The van der Waals surface area contributed by atoms with Gasteiger partial charge in [-0.05, 0) is 48.6 Å². The van der Waals surface area contributed by atoms with Crippen molar-refractivity contribution in [1.29, 1.82) is 0 Å². The summed E-state index contributed by atoms with van der Waals surface area (Å²) in [6.45, 7) is 2.97. The maximum absolute atomic E-state index is 9.20. The fourth-order valence-electron chi connectivity index (χ4n) is 2.87. The van der Waals surface area contributed by atoms with Crippen LogP contribution in [0.3, 0.4) is 0 Å². The van der Waals surface area contributed by atoms with E-state index in [0.717, 1.165) is 31.7 Å². The third-order valence-corrected chi connectivity index (χ3v) is 4.32. The molecule has 1 saturated heterocycles. The molecule has 1 fully saturated rings. The highest BCUT2D eigenvalue weighted by Crippen LogP contribution is 2.25. The summed E-state index contributed by atoms with van der Waals surface area (Å²) in [5.41, 5.74) is 2.42. The minimum Gasteiger partial charge on any atom is -0.489 e. The van der Waals surface area contributed by atoms with Crippen molar-refractivity contribution in [1.82, 2.24) is 0 Å². The van der Waals surface area contributed by atoms with Gasteiger partial charge in [-0.1, -0.05) is 30.3 Å². The number of aliphatic hydroxyl groups is 1. The second-order valence-electron chi connectivity index (χ2n) is 5.88. The number of hydrogen-bond acceptors (Lipinski definition) is 3. The number of anilines is 1. The fourth-order valence-corrected chi connectivity index (χ4v) is 2.87. The van der Waals surface area contributed by atoms with E-state index in [2.05, 4.69) is 29.2 Å². The molecule has 0 radical (unpaired) electrons. The first kappa shape index (κ1) is 14.9. The van der Waals surface area contributed by atoms with Gasteiger partial charge in [-0.15, -0.1) is 0 Å². The molecule has 3 rings (SSSR count). The molecule has 1 N–H and O–H groups in total. The molecule has 0 bridgehead atoms. The summed E-state index contributed by atoms with van der Waals surface area (Å²) < 4.78 is 5.82. The molecule has 1 aliphatic heterocycles. The zero-order chi connectivity index (χ0) is 15.2. The number of aliphatic hydroxyl groups excluding tert-OH is 1. The van der Waals surface area contributed by atoms with Gasteiger partial charge in [0.05, 0.1) is 0 Å². The lowest BCUT2D eigenvalue weighted by Crippen LogP contribution is -2.34. The van der Waals surface area contributed by atoms with Crippen LogP contribution in [0.15, 0.2) is 54.6 Å². The Balaban J connectivity index is 1.54. The van der Waals surface area contributed by atoms with E-state index >= 15 is 0 Å². The Bertz CT molecular complexity index is 560. The summed E-state index contributed by atoms with van der Waals surface area (Å²) in [4.78, 5) is 2.38. The van der Waals surface area contributed by atoms with Gasteiger partial charge in [0.2, 0.25) is 0 Å². The van der Waals surface area contributed by atoms with E-state index in [9.17, 15) is 5.11 Å². The van der Waals surface area contributed by atoms with Crippen molar-refractivity contribution in [2.75, 3.05) is 24.6 Å². The quantitative estimate of drug-likeness (QED) is 0.917. The van der Waals surface area contributed by atoms with Crippen molar-refractivity contribution >= 4 is 5.69 Å². The lowest BCUT2D eigenvalue weighted by molar-refractivity contribution is 0.203. The third kappa shape index (κ3) is 3.80. The van der Waals surface area contributed by atoms with Gasteiger partial charge in [0.25, 0.3) is 0 Å². The summed E-state index contributed by atoms with van der Waals surface area (Å²) in [6.07, 6.45) is 2.14. The summed E-state index contributed by atoms with van der Waals surface area (Å²) in [5, 5.41) is 9.20.